The van der Waals surface area contributed by atoms with Gasteiger partial charge in [-0.3, -0.25) is 9.59 Å². The number of ether oxygens (including phenoxy) is 1. The number of carbonyl (C=O) groups is 2. The Morgan fingerprint density at radius 2 is 1.90 bits per heavy atom. The van der Waals surface area contributed by atoms with E-state index in [2.05, 4.69) is 10.4 Å². The van der Waals surface area contributed by atoms with E-state index in [0.717, 1.165) is 24.3 Å². The Kier molecular flexibility index (Phi) is 5.24. The molecule has 4 bridgehead atoms. The van der Waals surface area contributed by atoms with Crippen LogP contribution in [0.4, 0.5) is 0 Å². The van der Waals surface area contributed by atoms with Crippen molar-refractivity contribution in [2.24, 2.45) is 23.2 Å². The van der Waals surface area contributed by atoms with E-state index >= 15 is 0 Å². The second kappa shape index (κ2) is 7.93. The number of hydrogen-bond donors (Lipinski definition) is 1. The average Bonchev–Trinajstić information content (AvgIpc) is 3.18. The van der Waals surface area contributed by atoms with Gasteiger partial charge in [-0.15, -0.1) is 0 Å². The number of fused-ring (bicyclic) bond motifs is 1. The third-order valence-electron chi connectivity index (χ3n) is 7.73. The molecule has 31 heavy (non-hydrogen) atoms. The van der Waals surface area contributed by atoms with Crippen molar-refractivity contribution in [3.8, 4) is 0 Å². The zero-order valence-corrected chi connectivity index (χ0v) is 18.5. The summed E-state index contributed by atoms with van der Waals surface area (Å²) in [7, 11) is 3.34. The zero-order chi connectivity index (χ0) is 21.6. The minimum Gasteiger partial charge on any atom is -0.383 e. The van der Waals surface area contributed by atoms with Crippen LogP contribution in [0.25, 0.3) is 5.52 Å². The maximum absolute atomic E-state index is 13.1. The lowest BCUT2D eigenvalue weighted by Gasteiger charge is -2.56. The fourth-order valence-electron chi connectivity index (χ4n) is 6.71. The van der Waals surface area contributed by atoms with Gasteiger partial charge in [0, 0.05) is 33.4 Å². The van der Waals surface area contributed by atoms with Crippen molar-refractivity contribution in [3.63, 3.8) is 0 Å². The van der Waals surface area contributed by atoms with E-state index in [1.54, 1.807) is 35.8 Å². The number of hydrogen-bond acceptors (Lipinski definition) is 4. The van der Waals surface area contributed by atoms with Crippen molar-refractivity contribution >= 4 is 17.3 Å². The van der Waals surface area contributed by atoms with Gasteiger partial charge in [0.05, 0.1) is 17.7 Å². The Labute approximate surface area is 183 Å². The predicted molar refractivity (Wildman–Crippen MR) is 117 cm³/mol. The fraction of sp³-hybridized carbons (Fsp3) is 0.625. The number of nitrogens with one attached hydrogen (secondary N) is 1. The molecule has 0 aliphatic heterocycles. The highest BCUT2D eigenvalue weighted by atomic mass is 16.5. The van der Waals surface area contributed by atoms with Gasteiger partial charge in [0.15, 0.2) is 5.69 Å². The standard InChI is InChI=1S/C24H32N4O3/c1-27(6-7-31-2)23(30)20-11-21-19(4-3-5-28(21)26-20)22(29)25-15-24-12-16-8-17(13-24)10-18(9-16)14-24/h3-5,11,16-18H,6-10,12-15H2,1-2H3,(H,25,29). The molecule has 4 aliphatic carbocycles. The highest BCUT2D eigenvalue weighted by molar-refractivity contribution is 6.02. The number of aromatic nitrogens is 2. The van der Waals surface area contributed by atoms with Crippen LogP contribution in [0.2, 0.25) is 0 Å². The van der Waals surface area contributed by atoms with Crippen molar-refractivity contribution in [1.82, 2.24) is 19.8 Å². The number of likely N-dealkylation sites (N-methyl/N-ethyl adjacent to an activating group) is 1. The normalized spacial score (nSPS) is 28.8. The molecule has 0 unspecified atom stereocenters. The van der Waals surface area contributed by atoms with Crippen LogP contribution in [-0.4, -0.2) is 60.2 Å². The number of pyridine rings is 1. The number of nitrogens with zero attached hydrogens (tertiary/aromatic N) is 3. The van der Waals surface area contributed by atoms with Gasteiger partial charge in [0.25, 0.3) is 11.8 Å². The van der Waals surface area contributed by atoms with Crippen LogP contribution in [0.5, 0.6) is 0 Å². The minimum absolute atomic E-state index is 0.0759. The van der Waals surface area contributed by atoms with Crippen molar-refractivity contribution in [2.45, 2.75) is 38.5 Å². The van der Waals surface area contributed by atoms with Crippen molar-refractivity contribution in [3.05, 3.63) is 35.7 Å². The Balaban J connectivity index is 1.31. The molecule has 7 heteroatoms. The van der Waals surface area contributed by atoms with Crippen LogP contribution in [0.3, 0.4) is 0 Å². The molecule has 0 radical (unpaired) electrons. The molecule has 2 heterocycles. The first-order valence-electron chi connectivity index (χ1n) is 11.5. The van der Waals surface area contributed by atoms with E-state index in [9.17, 15) is 9.59 Å². The maximum atomic E-state index is 13.1. The van der Waals surface area contributed by atoms with E-state index in [4.69, 9.17) is 4.74 Å². The van der Waals surface area contributed by atoms with Crippen LogP contribution >= 0.6 is 0 Å². The molecular weight excluding hydrogens is 392 g/mol. The molecule has 0 saturated heterocycles. The van der Waals surface area contributed by atoms with Gasteiger partial charge in [-0.2, -0.15) is 5.10 Å². The predicted octanol–water partition coefficient (Wildman–Crippen LogP) is 3.00. The van der Waals surface area contributed by atoms with Gasteiger partial charge >= 0.3 is 0 Å². The van der Waals surface area contributed by atoms with E-state index in [0.29, 0.717) is 35.3 Å². The summed E-state index contributed by atoms with van der Waals surface area (Å²) in [6, 6.07) is 5.34. The van der Waals surface area contributed by atoms with Crippen LogP contribution in [0.1, 0.15) is 59.4 Å². The molecule has 1 N–H and O–H groups in total. The topological polar surface area (TPSA) is 75.9 Å². The first-order chi connectivity index (χ1) is 15.0. The van der Waals surface area contributed by atoms with Gasteiger partial charge in [0.1, 0.15) is 0 Å². The lowest BCUT2D eigenvalue weighted by molar-refractivity contribution is -0.0503. The Morgan fingerprint density at radius 3 is 2.55 bits per heavy atom. The first kappa shape index (κ1) is 20.5. The molecule has 4 fully saturated rings. The summed E-state index contributed by atoms with van der Waals surface area (Å²) < 4.78 is 6.67. The molecule has 0 aromatic carbocycles. The smallest absolute Gasteiger partial charge is 0.274 e. The van der Waals surface area contributed by atoms with Crippen LogP contribution < -0.4 is 5.32 Å². The van der Waals surface area contributed by atoms with Crippen LogP contribution in [0.15, 0.2) is 24.4 Å². The van der Waals surface area contributed by atoms with Crippen molar-refractivity contribution in [1.29, 1.82) is 0 Å². The molecule has 0 spiro atoms. The summed E-state index contributed by atoms with van der Waals surface area (Å²) in [6.45, 7) is 1.71. The Bertz CT molecular complexity index is 963. The van der Waals surface area contributed by atoms with Gasteiger partial charge in [-0.1, -0.05) is 0 Å². The molecule has 7 nitrogen and oxygen atoms in total. The SMILES string of the molecule is COCCN(C)C(=O)c1cc2c(C(=O)NCC34CC5CC(CC(C5)C3)C4)cccn2n1. The average molecular weight is 425 g/mol. The highest BCUT2D eigenvalue weighted by Crippen LogP contribution is 2.59. The summed E-state index contributed by atoms with van der Waals surface area (Å²) in [4.78, 5) is 27.4. The molecule has 2 aromatic rings. The summed E-state index contributed by atoms with van der Waals surface area (Å²) in [6.07, 6.45) is 9.78. The maximum Gasteiger partial charge on any atom is 0.274 e. The number of rotatable bonds is 7. The molecule has 4 saturated carbocycles. The monoisotopic (exact) mass is 424 g/mol. The number of amides is 2. The Hall–Kier alpha value is -2.41. The third kappa shape index (κ3) is 3.84. The van der Waals surface area contributed by atoms with E-state index in [1.165, 1.54) is 38.5 Å². The number of carbonyl (C=O) groups excluding carboxylic acids is 2. The summed E-state index contributed by atoms with van der Waals surface area (Å²) >= 11 is 0. The largest absolute Gasteiger partial charge is 0.383 e. The zero-order valence-electron chi connectivity index (χ0n) is 18.5. The molecule has 2 amide bonds. The summed E-state index contributed by atoms with van der Waals surface area (Å²) in [5.74, 6) is 2.34. The van der Waals surface area contributed by atoms with E-state index < -0.39 is 0 Å². The van der Waals surface area contributed by atoms with Gasteiger partial charge in [-0.25, -0.2) is 4.52 Å². The van der Waals surface area contributed by atoms with Crippen LogP contribution in [-0.2, 0) is 4.74 Å². The van der Waals surface area contributed by atoms with Crippen molar-refractivity contribution < 1.29 is 14.3 Å². The van der Waals surface area contributed by atoms with E-state index in [-0.39, 0.29) is 11.8 Å². The molecular formula is C24H32N4O3. The molecule has 2 aromatic heterocycles. The summed E-state index contributed by atoms with van der Waals surface area (Å²) in [5.41, 5.74) is 1.85. The third-order valence-corrected chi connectivity index (χ3v) is 7.73. The fourth-order valence-corrected chi connectivity index (χ4v) is 6.71. The van der Waals surface area contributed by atoms with Gasteiger partial charge < -0.3 is 15.0 Å². The quantitative estimate of drug-likeness (QED) is 0.741. The molecule has 6 rings (SSSR count). The second-order valence-corrected chi connectivity index (χ2v) is 10.1. The molecule has 0 atom stereocenters. The molecule has 4 aliphatic rings. The lowest BCUT2D eigenvalue weighted by atomic mass is 9.49. The Morgan fingerprint density at radius 1 is 1.23 bits per heavy atom. The lowest BCUT2D eigenvalue weighted by Crippen LogP contribution is -2.51. The van der Waals surface area contributed by atoms with Gasteiger partial charge in [-0.05, 0) is 79.9 Å². The molecule has 166 valence electrons. The number of methoxy groups -OCH3 is 1. The van der Waals surface area contributed by atoms with Crippen LogP contribution in [0, 0.1) is 23.2 Å². The first-order valence-corrected chi connectivity index (χ1v) is 11.5. The van der Waals surface area contributed by atoms with Crippen molar-refractivity contribution in [2.75, 3.05) is 33.9 Å². The minimum atomic E-state index is -0.180. The summed E-state index contributed by atoms with van der Waals surface area (Å²) in [5, 5.41) is 7.65. The highest BCUT2D eigenvalue weighted by Gasteiger charge is 2.50. The second-order valence-electron chi connectivity index (χ2n) is 10.1. The van der Waals surface area contributed by atoms with E-state index in [1.807, 2.05) is 12.1 Å². The van der Waals surface area contributed by atoms with Gasteiger partial charge in [0.2, 0.25) is 0 Å².